The number of aliphatic carboxylic acids is 1. The highest BCUT2D eigenvalue weighted by Gasteiger charge is 2.35. The summed E-state index contributed by atoms with van der Waals surface area (Å²) >= 11 is 1.26. The fourth-order valence-corrected chi connectivity index (χ4v) is 2.78. The summed E-state index contributed by atoms with van der Waals surface area (Å²) in [4.78, 5) is 25.3. The SMILES string of the molecule is O=C(O)CN(C(=O)c1sccc1-n1cnnn1)C1CC1. The molecule has 1 aliphatic rings. The van der Waals surface area contributed by atoms with Gasteiger partial charge < -0.3 is 10.0 Å². The van der Waals surface area contributed by atoms with Crippen molar-refractivity contribution in [1.82, 2.24) is 25.1 Å². The molecule has 2 aromatic heterocycles. The maximum Gasteiger partial charge on any atom is 0.323 e. The van der Waals surface area contributed by atoms with Crippen LogP contribution in [-0.4, -0.2) is 54.7 Å². The summed E-state index contributed by atoms with van der Waals surface area (Å²) in [5.41, 5.74) is 0.570. The van der Waals surface area contributed by atoms with Crippen LogP contribution in [0.2, 0.25) is 0 Å². The Labute approximate surface area is 117 Å². The molecule has 0 unspecified atom stereocenters. The predicted octanol–water partition coefficient (Wildman–Crippen LogP) is 0.413. The minimum absolute atomic E-state index is 0.0300. The number of hydrogen-bond donors (Lipinski definition) is 1. The Morgan fingerprint density at radius 2 is 2.30 bits per heavy atom. The predicted molar refractivity (Wildman–Crippen MR) is 68.7 cm³/mol. The number of nitrogens with zero attached hydrogens (tertiary/aromatic N) is 5. The molecule has 20 heavy (non-hydrogen) atoms. The van der Waals surface area contributed by atoms with Crippen LogP contribution in [-0.2, 0) is 4.79 Å². The average Bonchev–Trinajstić information content (AvgIpc) is 2.93. The molecule has 0 bridgehead atoms. The van der Waals surface area contributed by atoms with Gasteiger partial charge in [-0.1, -0.05) is 0 Å². The molecule has 3 rings (SSSR count). The van der Waals surface area contributed by atoms with E-state index in [0.717, 1.165) is 12.8 Å². The lowest BCUT2D eigenvalue weighted by Crippen LogP contribution is -2.37. The molecule has 1 amide bonds. The highest BCUT2D eigenvalue weighted by atomic mass is 32.1. The summed E-state index contributed by atoms with van der Waals surface area (Å²) in [5.74, 6) is -1.29. The molecule has 0 atom stereocenters. The highest BCUT2D eigenvalue weighted by Crippen LogP contribution is 2.30. The zero-order valence-electron chi connectivity index (χ0n) is 10.3. The van der Waals surface area contributed by atoms with E-state index in [2.05, 4.69) is 15.5 Å². The van der Waals surface area contributed by atoms with Gasteiger partial charge in [-0.05, 0) is 34.7 Å². The van der Waals surface area contributed by atoms with Crippen molar-refractivity contribution < 1.29 is 14.7 Å². The van der Waals surface area contributed by atoms with Crippen LogP contribution in [0.3, 0.4) is 0 Å². The number of aromatic nitrogens is 4. The molecule has 0 spiro atoms. The Morgan fingerprint density at radius 1 is 1.50 bits per heavy atom. The number of amides is 1. The van der Waals surface area contributed by atoms with Gasteiger partial charge in [0, 0.05) is 6.04 Å². The molecule has 1 N–H and O–H groups in total. The van der Waals surface area contributed by atoms with Crippen LogP contribution in [0, 0.1) is 0 Å². The third kappa shape index (κ3) is 2.39. The minimum Gasteiger partial charge on any atom is -0.480 e. The van der Waals surface area contributed by atoms with Crippen LogP contribution < -0.4 is 0 Å². The Balaban J connectivity index is 1.90. The number of hydrogen-bond acceptors (Lipinski definition) is 6. The van der Waals surface area contributed by atoms with Crippen LogP contribution in [0.25, 0.3) is 5.69 Å². The first kappa shape index (κ1) is 12.7. The van der Waals surface area contributed by atoms with Gasteiger partial charge in [-0.2, -0.15) is 4.68 Å². The normalized spacial score (nSPS) is 14.2. The number of carbonyl (C=O) groups is 2. The van der Waals surface area contributed by atoms with E-state index in [1.165, 1.54) is 27.2 Å². The molecule has 8 nitrogen and oxygen atoms in total. The van der Waals surface area contributed by atoms with Crippen LogP contribution >= 0.6 is 11.3 Å². The molecule has 9 heteroatoms. The first-order valence-electron chi connectivity index (χ1n) is 6.00. The van der Waals surface area contributed by atoms with Crippen LogP contribution in [0.15, 0.2) is 17.8 Å². The number of tetrazole rings is 1. The molecule has 1 fully saturated rings. The largest absolute Gasteiger partial charge is 0.480 e. The van der Waals surface area contributed by atoms with E-state index >= 15 is 0 Å². The molecular formula is C11H11N5O3S. The third-order valence-electron chi connectivity index (χ3n) is 2.99. The Kier molecular flexibility index (Phi) is 3.18. The van der Waals surface area contributed by atoms with Crippen molar-refractivity contribution in [1.29, 1.82) is 0 Å². The van der Waals surface area contributed by atoms with Gasteiger partial charge in [-0.15, -0.1) is 16.4 Å². The maximum absolute atomic E-state index is 12.5. The van der Waals surface area contributed by atoms with Crippen LogP contribution in [0.4, 0.5) is 0 Å². The lowest BCUT2D eigenvalue weighted by atomic mass is 10.3. The van der Waals surface area contributed by atoms with Crippen molar-refractivity contribution in [2.45, 2.75) is 18.9 Å². The number of carboxylic acid groups (broad SMARTS) is 1. The van der Waals surface area contributed by atoms with Gasteiger partial charge in [0.05, 0.1) is 5.69 Å². The fourth-order valence-electron chi connectivity index (χ4n) is 1.94. The lowest BCUT2D eigenvalue weighted by Gasteiger charge is -2.19. The zero-order chi connectivity index (χ0) is 14.1. The van der Waals surface area contributed by atoms with Crippen LogP contribution in [0.5, 0.6) is 0 Å². The number of thiophene rings is 1. The first-order valence-corrected chi connectivity index (χ1v) is 6.88. The van der Waals surface area contributed by atoms with Crippen molar-refractivity contribution >= 4 is 23.2 Å². The van der Waals surface area contributed by atoms with E-state index in [1.54, 1.807) is 11.4 Å². The summed E-state index contributed by atoms with van der Waals surface area (Å²) in [6.45, 7) is -0.281. The minimum atomic E-state index is -1.01. The van der Waals surface area contributed by atoms with E-state index in [-0.39, 0.29) is 18.5 Å². The highest BCUT2D eigenvalue weighted by molar-refractivity contribution is 7.12. The second-order valence-electron chi connectivity index (χ2n) is 4.45. The Bertz CT molecular complexity index is 634. The molecule has 0 radical (unpaired) electrons. The maximum atomic E-state index is 12.5. The second kappa shape index (κ2) is 5.00. The van der Waals surface area contributed by atoms with Crippen LogP contribution in [0.1, 0.15) is 22.5 Å². The van der Waals surface area contributed by atoms with Gasteiger partial charge in [-0.25, -0.2) is 0 Å². The second-order valence-corrected chi connectivity index (χ2v) is 5.36. The summed E-state index contributed by atoms with van der Waals surface area (Å²) in [5, 5.41) is 21.5. The lowest BCUT2D eigenvalue weighted by molar-refractivity contribution is -0.137. The molecule has 2 aromatic rings. The van der Waals surface area contributed by atoms with E-state index in [0.29, 0.717) is 10.6 Å². The summed E-state index contributed by atoms with van der Waals surface area (Å²) in [7, 11) is 0. The van der Waals surface area contributed by atoms with Gasteiger partial charge in [0.1, 0.15) is 17.7 Å². The summed E-state index contributed by atoms with van der Waals surface area (Å²) in [6.07, 6.45) is 3.10. The van der Waals surface area contributed by atoms with Gasteiger partial charge in [0.25, 0.3) is 5.91 Å². The van der Waals surface area contributed by atoms with Gasteiger partial charge >= 0.3 is 5.97 Å². The van der Waals surface area contributed by atoms with E-state index < -0.39 is 5.97 Å². The number of carboxylic acids is 1. The molecule has 2 heterocycles. The molecule has 0 aromatic carbocycles. The zero-order valence-corrected chi connectivity index (χ0v) is 11.2. The van der Waals surface area contributed by atoms with Crippen molar-refractivity contribution in [3.05, 3.63) is 22.7 Å². The molecule has 104 valence electrons. The quantitative estimate of drug-likeness (QED) is 0.857. The monoisotopic (exact) mass is 293 g/mol. The number of rotatable bonds is 5. The number of carbonyl (C=O) groups excluding carboxylic acids is 1. The van der Waals surface area contributed by atoms with Gasteiger partial charge in [0.15, 0.2) is 0 Å². The fraction of sp³-hybridized carbons (Fsp3) is 0.364. The van der Waals surface area contributed by atoms with Crippen molar-refractivity contribution in [3.8, 4) is 5.69 Å². The standard InChI is InChI=1S/C11H11N5O3S/c17-9(18)5-15(7-1-2-7)11(19)10-8(3-4-20-10)16-6-12-13-14-16/h3-4,6-7H,1-2,5H2,(H,17,18). The van der Waals surface area contributed by atoms with Crippen molar-refractivity contribution in [3.63, 3.8) is 0 Å². The molecular weight excluding hydrogens is 282 g/mol. The van der Waals surface area contributed by atoms with Crippen molar-refractivity contribution in [2.24, 2.45) is 0 Å². The summed E-state index contributed by atoms with van der Waals surface area (Å²) < 4.78 is 1.40. The molecule has 0 aliphatic heterocycles. The van der Waals surface area contributed by atoms with Crippen molar-refractivity contribution in [2.75, 3.05) is 6.54 Å². The molecule has 1 saturated carbocycles. The molecule has 0 saturated heterocycles. The smallest absolute Gasteiger partial charge is 0.323 e. The van der Waals surface area contributed by atoms with E-state index in [1.807, 2.05) is 0 Å². The third-order valence-corrected chi connectivity index (χ3v) is 3.88. The Morgan fingerprint density at radius 3 is 2.90 bits per heavy atom. The molecule has 1 aliphatic carbocycles. The average molecular weight is 293 g/mol. The van der Waals surface area contributed by atoms with Gasteiger partial charge in [0.2, 0.25) is 0 Å². The van der Waals surface area contributed by atoms with E-state index in [4.69, 9.17) is 5.11 Å². The Hall–Kier alpha value is -2.29. The summed E-state index contributed by atoms with van der Waals surface area (Å²) in [6, 6.07) is 1.77. The van der Waals surface area contributed by atoms with E-state index in [9.17, 15) is 9.59 Å². The van der Waals surface area contributed by atoms with Gasteiger partial charge in [-0.3, -0.25) is 9.59 Å². The topological polar surface area (TPSA) is 101 Å². The first-order chi connectivity index (χ1) is 9.66.